The van der Waals surface area contributed by atoms with E-state index in [9.17, 15) is 0 Å². The Morgan fingerprint density at radius 2 is 1.90 bits per heavy atom. The van der Waals surface area contributed by atoms with E-state index in [-0.39, 0.29) is 6.61 Å². The molecule has 0 fully saturated rings. The lowest BCUT2D eigenvalue weighted by Gasteiger charge is -2.10. The molecule has 0 saturated heterocycles. The average molecular weight is 292 g/mol. The number of thioether (sulfide) groups is 1. The first-order valence-corrected chi connectivity index (χ1v) is 7.81. The van der Waals surface area contributed by atoms with Gasteiger partial charge in [0.1, 0.15) is 0 Å². The first kappa shape index (κ1) is 15.0. The summed E-state index contributed by atoms with van der Waals surface area (Å²) in [7, 11) is 0. The number of benzene rings is 1. The second-order valence-corrected chi connectivity index (χ2v) is 5.81. The Morgan fingerprint density at radius 1 is 1.15 bits per heavy atom. The first-order chi connectivity index (χ1) is 9.74. The molecule has 1 heterocycles. The van der Waals surface area contributed by atoms with Crippen LogP contribution in [-0.4, -0.2) is 37.7 Å². The first-order valence-electron chi connectivity index (χ1n) is 6.82. The molecule has 108 valence electrons. The molecule has 1 N–H and O–H groups in total. The summed E-state index contributed by atoms with van der Waals surface area (Å²) in [5.41, 5.74) is 3.40. The zero-order valence-corrected chi connectivity index (χ0v) is 12.7. The molecule has 0 unspecified atom stereocenters. The van der Waals surface area contributed by atoms with Gasteiger partial charge in [-0.2, -0.15) is 4.68 Å². The van der Waals surface area contributed by atoms with E-state index >= 15 is 0 Å². The molecule has 0 bridgehead atoms. The zero-order valence-electron chi connectivity index (χ0n) is 11.9. The molecule has 0 radical (unpaired) electrons. The van der Waals surface area contributed by atoms with Gasteiger partial charge in [0, 0.05) is 12.4 Å². The van der Waals surface area contributed by atoms with Gasteiger partial charge in [0.25, 0.3) is 0 Å². The fourth-order valence-electron chi connectivity index (χ4n) is 2.10. The fraction of sp³-hybridized carbons (Fsp3) is 0.500. The third-order valence-corrected chi connectivity index (χ3v) is 4.13. The van der Waals surface area contributed by atoms with E-state index in [1.165, 1.54) is 11.1 Å². The van der Waals surface area contributed by atoms with Crippen LogP contribution in [-0.2, 0) is 0 Å². The third-order valence-electron chi connectivity index (χ3n) is 3.13. The van der Waals surface area contributed by atoms with Crippen molar-refractivity contribution in [1.82, 2.24) is 20.2 Å². The predicted molar refractivity (Wildman–Crippen MR) is 80.3 cm³/mol. The number of hydrogen-bond acceptors (Lipinski definition) is 5. The van der Waals surface area contributed by atoms with Crippen LogP contribution in [0.1, 0.15) is 30.4 Å². The molecule has 1 aromatic carbocycles. The van der Waals surface area contributed by atoms with Crippen LogP contribution in [0.2, 0.25) is 0 Å². The maximum atomic E-state index is 8.76. The molecular formula is C14H20N4OS. The summed E-state index contributed by atoms with van der Waals surface area (Å²) in [6.45, 7) is 4.41. The second-order valence-electron chi connectivity index (χ2n) is 4.75. The van der Waals surface area contributed by atoms with E-state index in [0.29, 0.717) is 0 Å². The lowest BCUT2D eigenvalue weighted by atomic mass is 10.1. The molecule has 2 rings (SSSR count). The van der Waals surface area contributed by atoms with Crippen LogP contribution in [0.3, 0.4) is 0 Å². The Hall–Kier alpha value is -1.40. The molecule has 20 heavy (non-hydrogen) atoms. The summed E-state index contributed by atoms with van der Waals surface area (Å²) in [4.78, 5) is 0. The fourth-order valence-corrected chi connectivity index (χ4v) is 2.98. The molecule has 0 aliphatic heterocycles. The second kappa shape index (κ2) is 7.40. The van der Waals surface area contributed by atoms with Crippen molar-refractivity contribution in [1.29, 1.82) is 0 Å². The summed E-state index contributed by atoms with van der Waals surface area (Å²) in [6.07, 6.45) is 2.96. The van der Waals surface area contributed by atoms with Crippen LogP contribution in [0.15, 0.2) is 23.4 Å². The summed E-state index contributed by atoms with van der Waals surface area (Å²) in [6, 6.07) is 6.18. The lowest BCUT2D eigenvalue weighted by molar-refractivity contribution is 0.284. The number of tetrazole rings is 1. The Balaban J connectivity index is 2.09. The van der Waals surface area contributed by atoms with Gasteiger partial charge in [0.05, 0.1) is 5.69 Å². The van der Waals surface area contributed by atoms with E-state index in [1.54, 1.807) is 11.8 Å². The van der Waals surface area contributed by atoms with E-state index in [0.717, 1.165) is 35.9 Å². The van der Waals surface area contributed by atoms with Crippen LogP contribution in [0, 0.1) is 13.8 Å². The van der Waals surface area contributed by atoms with Crippen molar-refractivity contribution < 1.29 is 5.11 Å². The van der Waals surface area contributed by atoms with Crippen LogP contribution in [0.5, 0.6) is 0 Å². The number of unbranched alkanes of at least 4 members (excludes halogenated alkanes) is 2. The predicted octanol–water partition coefficient (Wildman–Crippen LogP) is 2.53. The Morgan fingerprint density at radius 3 is 2.60 bits per heavy atom. The van der Waals surface area contributed by atoms with Crippen molar-refractivity contribution >= 4 is 11.8 Å². The minimum Gasteiger partial charge on any atom is -0.396 e. The van der Waals surface area contributed by atoms with Gasteiger partial charge in [-0.05, 0) is 48.2 Å². The molecule has 1 aromatic heterocycles. The highest BCUT2D eigenvalue weighted by molar-refractivity contribution is 7.99. The van der Waals surface area contributed by atoms with Gasteiger partial charge in [-0.15, -0.1) is 5.10 Å². The monoisotopic (exact) mass is 292 g/mol. The van der Waals surface area contributed by atoms with E-state index in [4.69, 9.17) is 5.11 Å². The highest BCUT2D eigenvalue weighted by Crippen LogP contribution is 2.24. The Bertz CT molecular complexity index is 536. The molecule has 6 heteroatoms. The molecule has 0 atom stereocenters. The van der Waals surface area contributed by atoms with E-state index in [2.05, 4.69) is 41.5 Å². The highest BCUT2D eigenvalue weighted by atomic mass is 32.2. The maximum Gasteiger partial charge on any atom is 0.214 e. The highest BCUT2D eigenvalue weighted by Gasteiger charge is 2.12. The molecule has 2 aromatic rings. The number of rotatable bonds is 7. The summed E-state index contributed by atoms with van der Waals surface area (Å²) < 4.78 is 1.82. The minimum atomic E-state index is 0.269. The Labute approximate surface area is 123 Å². The van der Waals surface area contributed by atoms with Crippen molar-refractivity contribution in [3.8, 4) is 5.69 Å². The molecule has 5 nitrogen and oxygen atoms in total. The molecule has 0 saturated carbocycles. The Kier molecular flexibility index (Phi) is 5.55. The normalized spacial score (nSPS) is 10.9. The van der Waals surface area contributed by atoms with Crippen molar-refractivity contribution in [2.75, 3.05) is 12.4 Å². The molecule has 0 aliphatic carbocycles. The summed E-state index contributed by atoms with van der Waals surface area (Å²) in [5, 5.41) is 21.6. The summed E-state index contributed by atoms with van der Waals surface area (Å²) >= 11 is 1.66. The van der Waals surface area contributed by atoms with Gasteiger partial charge >= 0.3 is 0 Å². The van der Waals surface area contributed by atoms with Crippen molar-refractivity contribution in [3.05, 3.63) is 29.3 Å². The smallest absolute Gasteiger partial charge is 0.214 e. The molecule has 0 amide bonds. The zero-order chi connectivity index (χ0) is 14.4. The summed E-state index contributed by atoms with van der Waals surface area (Å²) in [5.74, 6) is 0.964. The number of hydrogen-bond donors (Lipinski definition) is 1. The topological polar surface area (TPSA) is 63.8 Å². The van der Waals surface area contributed by atoms with E-state index in [1.807, 2.05) is 10.7 Å². The quantitative estimate of drug-likeness (QED) is 0.627. The van der Waals surface area contributed by atoms with Crippen molar-refractivity contribution in [3.63, 3.8) is 0 Å². The molecule has 0 aliphatic rings. The standard InChI is InChI=1S/C14H20N4OS/c1-11-7-6-8-12(2)13(11)18-14(15-16-17-18)20-10-5-3-4-9-19/h6-8,19H,3-5,9-10H2,1-2H3. The maximum absolute atomic E-state index is 8.76. The number of para-hydroxylation sites is 1. The van der Waals surface area contributed by atoms with Gasteiger partial charge in [0.15, 0.2) is 0 Å². The van der Waals surface area contributed by atoms with Crippen LogP contribution in [0.4, 0.5) is 0 Å². The van der Waals surface area contributed by atoms with Crippen LogP contribution in [0.25, 0.3) is 5.69 Å². The van der Waals surface area contributed by atoms with E-state index < -0.39 is 0 Å². The number of nitrogens with zero attached hydrogens (tertiary/aromatic N) is 4. The number of aliphatic hydroxyl groups excluding tert-OH is 1. The van der Waals surface area contributed by atoms with Gasteiger partial charge in [-0.1, -0.05) is 36.4 Å². The number of aromatic nitrogens is 4. The van der Waals surface area contributed by atoms with Gasteiger partial charge in [-0.3, -0.25) is 0 Å². The third kappa shape index (κ3) is 3.58. The van der Waals surface area contributed by atoms with Gasteiger partial charge in [-0.25, -0.2) is 0 Å². The molecule has 0 spiro atoms. The van der Waals surface area contributed by atoms with Crippen LogP contribution >= 0.6 is 11.8 Å². The van der Waals surface area contributed by atoms with Crippen molar-refractivity contribution in [2.45, 2.75) is 38.3 Å². The van der Waals surface area contributed by atoms with Gasteiger partial charge in [0.2, 0.25) is 5.16 Å². The average Bonchev–Trinajstić information content (AvgIpc) is 2.87. The number of aliphatic hydroxyl groups is 1. The SMILES string of the molecule is Cc1cccc(C)c1-n1nnnc1SCCCCCO. The van der Waals surface area contributed by atoms with Gasteiger partial charge < -0.3 is 5.11 Å². The lowest BCUT2D eigenvalue weighted by Crippen LogP contribution is -2.04. The minimum absolute atomic E-state index is 0.269. The number of aryl methyl sites for hydroxylation is 2. The van der Waals surface area contributed by atoms with Crippen molar-refractivity contribution in [2.24, 2.45) is 0 Å². The molecular weight excluding hydrogens is 272 g/mol. The van der Waals surface area contributed by atoms with Crippen LogP contribution < -0.4 is 0 Å². The largest absolute Gasteiger partial charge is 0.396 e.